The minimum Gasteiger partial charge on any atom is -0.390 e. The van der Waals surface area contributed by atoms with Crippen LogP contribution >= 0.6 is 0 Å². The highest BCUT2D eigenvalue weighted by Crippen LogP contribution is 2.23. The van der Waals surface area contributed by atoms with E-state index in [-0.39, 0.29) is 0 Å². The van der Waals surface area contributed by atoms with E-state index in [9.17, 15) is 5.11 Å². The molecule has 1 heteroatoms. The van der Waals surface area contributed by atoms with Crippen LogP contribution in [0, 0.1) is 5.92 Å². The zero-order valence-electron chi connectivity index (χ0n) is 7.22. The molecule has 1 nitrogen and oxygen atoms in total. The summed E-state index contributed by atoms with van der Waals surface area (Å²) in [6.45, 7) is 9.61. The first-order valence-electron chi connectivity index (χ1n) is 3.88. The summed E-state index contributed by atoms with van der Waals surface area (Å²) in [5.74, 6) is 0.352. The van der Waals surface area contributed by atoms with Crippen molar-refractivity contribution >= 4 is 0 Å². The van der Waals surface area contributed by atoms with Crippen molar-refractivity contribution < 1.29 is 5.11 Å². The molecule has 2 unspecified atom stereocenters. The van der Waals surface area contributed by atoms with Gasteiger partial charge in [0.25, 0.3) is 0 Å². The summed E-state index contributed by atoms with van der Waals surface area (Å²) in [5, 5.41) is 9.71. The fourth-order valence-corrected chi connectivity index (χ4v) is 0.933. The average molecular weight is 142 g/mol. The van der Waals surface area contributed by atoms with Crippen LogP contribution in [0.2, 0.25) is 0 Å². The van der Waals surface area contributed by atoms with E-state index in [1.165, 1.54) is 0 Å². The Kier molecular flexibility index (Phi) is 3.66. The SMILES string of the molecule is C=CCC(C)(O)C(C)CC. The maximum Gasteiger partial charge on any atom is 0.0679 e. The summed E-state index contributed by atoms with van der Waals surface area (Å²) in [6.07, 6.45) is 3.47. The second kappa shape index (κ2) is 3.77. The monoisotopic (exact) mass is 142 g/mol. The molecule has 0 aliphatic carbocycles. The second-order valence-electron chi connectivity index (χ2n) is 3.16. The molecule has 2 atom stereocenters. The summed E-state index contributed by atoms with van der Waals surface area (Å²) in [5.41, 5.74) is -0.559. The topological polar surface area (TPSA) is 20.2 Å². The van der Waals surface area contributed by atoms with E-state index < -0.39 is 5.60 Å². The van der Waals surface area contributed by atoms with Crippen LogP contribution in [0.15, 0.2) is 12.7 Å². The lowest BCUT2D eigenvalue weighted by atomic mass is 9.86. The molecule has 0 aromatic carbocycles. The molecule has 0 aliphatic heterocycles. The van der Waals surface area contributed by atoms with E-state index in [2.05, 4.69) is 20.4 Å². The molecule has 0 saturated heterocycles. The lowest BCUT2D eigenvalue weighted by Gasteiger charge is -2.28. The number of hydrogen-bond donors (Lipinski definition) is 1. The third-order valence-electron chi connectivity index (χ3n) is 2.23. The Morgan fingerprint density at radius 1 is 1.70 bits per heavy atom. The van der Waals surface area contributed by atoms with E-state index in [1.54, 1.807) is 6.08 Å². The Balaban J connectivity index is 3.94. The molecule has 10 heavy (non-hydrogen) atoms. The fourth-order valence-electron chi connectivity index (χ4n) is 0.933. The maximum atomic E-state index is 9.71. The molecular weight excluding hydrogens is 124 g/mol. The van der Waals surface area contributed by atoms with Gasteiger partial charge in [-0.2, -0.15) is 0 Å². The highest BCUT2D eigenvalue weighted by atomic mass is 16.3. The van der Waals surface area contributed by atoms with E-state index >= 15 is 0 Å². The highest BCUT2D eigenvalue weighted by Gasteiger charge is 2.24. The van der Waals surface area contributed by atoms with E-state index in [0.29, 0.717) is 12.3 Å². The summed E-state index contributed by atoms with van der Waals surface area (Å²) in [4.78, 5) is 0. The summed E-state index contributed by atoms with van der Waals surface area (Å²) >= 11 is 0. The van der Waals surface area contributed by atoms with Crippen molar-refractivity contribution in [3.05, 3.63) is 12.7 Å². The van der Waals surface area contributed by atoms with Crippen LogP contribution in [0.1, 0.15) is 33.6 Å². The van der Waals surface area contributed by atoms with E-state index in [1.807, 2.05) is 6.92 Å². The summed E-state index contributed by atoms with van der Waals surface area (Å²) in [7, 11) is 0. The molecule has 1 N–H and O–H groups in total. The van der Waals surface area contributed by atoms with Gasteiger partial charge in [-0.3, -0.25) is 0 Å². The van der Waals surface area contributed by atoms with Gasteiger partial charge in [-0.25, -0.2) is 0 Å². The maximum absolute atomic E-state index is 9.71. The molecule has 0 aliphatic rings. The van der Waals surface area contributed by atoms with Crippen molar-refractivity contribution in [3.8, 4) is 0 Å². The molecule has 0 spiro atoms. The van der Waals surface area contributed by atoms with Crippen molar-refractivity contribution in [2.45, 2.75) is 39.2 Å². The first-order valence-corrected chi connectivity index (χ1v) is 3.88. The Bertz CT molecular complexity index is 105. The Morgan fingerprint density at radius 2 is 2.20 bits per heavy atom. The molecule has 0 saturated carbocycles. The van der Waals surface area contributed by atoms with Crippen LogP contribution in [0.25, 0.3) is 0 Å². The lowest BCUT2D eigenvalue weighted by molar-refractivity contribution is 0.00774. The Morgan fingerprint density at radius 3 is 2.50 bits per heavy atom. The van der Waals surface area contributed by atoms with Gasteiger partial charge < -0.3 is 5.11 Å². The van der Waals surface area contributed by atoms with Crippen LogP contribution in [-0.4, -0.2) is 10.7 Å². The molecule has 0 heterocycles. The molecule has 0 aromatic heterocycles. The molecule has 0 radical (unpaired) electrons. The van der Waals surface area contributed by atoms with Gasteiger partial charge in [0.05, 0.1) is 5.60 Å². The van der Waals surface area contributed by atoms with Crippen LogP contribution in [0.3, 0.4) is 0 Å². The predicted molar refractivity (Wildman–Crippen MR) is 44.9 cm³/mol. The average Bonchev–Trinajstić information content (AvgIpc) is 1.86. The first-order chi connectivity index (χ1) is 4.54. The van der Waals surface area contributed by atoms with Crippen molar-refractivity contribution in [2.24, 2.45) is 5.92 Å². The molecule has 60 valence electrons. The van der Waals surface area contributed by atoms with Crippen molar-refractivity contribution in [3.63, 3.8) is 0 Å². The van der Waals surface area contributed by atoms with Crippen molar-refractivity contribution in [1.29, 1.82) is 0 Å². The zero-order chi connectivity index (χ0) is 8.20. The fraction of sp³-hybridized carbons (Fsp3) is 0.778. The van der Waals surface area contributed by atoms with E-state index in [0.717, 1.165) is 6.42 Å². The molecule has 0 fully saturated rings. The largest absolute Gasteiger partial charge is 0.390 e. The van der Waals surface area contributed by atoms with Crippen LogP contribution < -0.4 is 0 Å². The third-order valence-corrected chi connectivity index (χ3v) is 2.23. The van der Waals surface area contributed by atoms with Gasteiger partial charge in [-0.15, -0.1) is 6.58 Å². The van der Waals surface area contributed by atoms with Gasteiger partial charge in [0.15, 0.2) is 0 Å². The van der Waals surface area contributed by atoms with Crippen LogP contribution in [0.5, 0.6) is 0 Å². The molecule has 0 amide bonds. The molecular formula is C9H18O. The van der Waals surface area contributed by atoms with Gasteiger partial charge in [0, 0.05) is 0 Å². The third kappa shape index (κ3) is 2.53. The quantitative estimate of drug-likeness (QED) is 0.597. The Hall–Kier alpha value is -0.300. The summed E-state index contributed by atoms with van der Waals surface area (Å²) in [6, 6.07) is 0. The smallest absolute Gasteiger partial charge is 0.0679 e. The molecule has 0 rings (SSSR count). The number of hydrogen-bond acceptors (Lipinski definition) is 1. The Labute approximate surface area is 63.8 Å². The van der Waals surface area contributed by atoms with Gasteiger partial charge in [-0.05, 0) is 19.3 Å². The zero-order valence-corrected chi connectivity index (χ0v) is 7.22. The molecule has 0 aromatic rings. The number of aliphatic hydroxyl groups is 1. The summed E-state index contributed by atoms with van der Waals surface area (Å²) < 4.78 is 0. The van der Waals surface area contributed by atoms with Gasteiger partial charge in [-0.1, -0.05) is 26.3 Å². The highest BCUT2D eigenvalue weighted by molar-refractivity contribution is 4.85. The minimum atomic E-state index is -0.559. The van der Waals surface area contributed by atoms with Crippen molar-refractivity contribution in [2.75, 3.05) is 0 Å². The molecule has 0 bridgehead atoms. The minimum absolute atomic E-state index is 0.352. The van der Waals surface area contributed by atoms with Crippen molar-refractivity contribution in [1.82, 2.24) is 0 Å². The standard InChI is InChI=1S/C9H18O/c1-5-7-9(4,10)8(3)6-2/h5,8,10H,1,6-7H2,2-4H3. The van der Waals surface area contributed by atoms with Crippen LogP contribution in [0.4, 0.5) is 0 Å². The second-order valence-corrected chi connectivity index (χ2v) is 3.16. The van der Waals surface area contributed by atoms with Gasteiger partial charge in [0.2, 0.25) is 0 Å². The van der Waals surface area contributed by atoms with Gasteiger partial charge >= 0.3 is 0 Å². The normalized spacial score (nSPS) is 19.6. The first kappa shape index (κ1) is 9.70. The van der Waals surface area contributed by atoms with Gasteiger partial charge in [0.1, 0.15) is 0 Å². The number of rotatable bonds is 4. The van der Waals surface area contributed by atoms with Crippen LogP contribution in [-0.2, 0) is 0 Å². The van der Waals surface area contributed by atoms with E-state index in [4.69, 9.17) is 0 Å². The lowest BCUT2D eigenvalue weighted by Crippen LogP contribution is -2.31. The predicted octanol–water partition coefficient (Wildman–Crippen LogP) is 2.36.